The van der Waals surface area contributed by atoms with Crippen LogP contribution in [0.2, 0.25) is 0 Å². The van der Waals surface area contributed by atoms with Crippen LogP contribution >= 0.6 is 0 Å². The second-order valence-corrected chi connectivity index (χ2v) is 4.18. The van der Waals surface area contributed by atoms with Gasteiger partial charge >= 0.3 is 12.1 Å². The molecule has 0 aliphatic carbocycles. The predicted molar refractivity (Wildman–Crippen MR) is 66.5 cm³/mol. The van der Waals surface area contributed by atoms with Gasteiger partial charge < -0.3 is 4.74 Å². The van der Waals surface area contributed by atoms with E-state index in [1.807, 2.05) is 0 Å². The van der Waals surface area contributed by atoms with Gasteiger partial charge in [-0.3, -0.25) is 0 Å². The van der Waals surface area contributed by atoms with Crippen LogP contribution in [0.3, 0.4) is 0 Å². The molecule has 8 heteroatoms. The Labute approximate surface area is 118 Å². The SMILES string of the molecule is CCOC(=O)c1cn(Cc2ccccc2C(F)(F)F)nn1. The molecule has 112 valence electrons. The molecule has 0 saturated carbocycles. The lowest BCUT2D eigenvalue weighted by molar-refractivity contribution is -0.138. The molecule has 1 heterocycles. The summed E-state index contributed by atoms with van der Waals surface area (Å²) in [6, 6.07) is 5.18. The summed E-state index contributed by atoms with van der Waals surface area (Å²) in [7, 11) is 0. The highest BCUT2D eigenvalue weighted by molar-refractivity contribution is 5.86. The summed E-state index contributed by atoms with van der Waals surface area (Å²) < 4.78 is 44.5. The van der Waals surface area contributed by atoms with Crippen molar-refractivity contribution in [2.24, 2.45) is 0 Å². The fourth-order valence-corrected chi connectivity index (χ4v) is 1.78. The first kappa shape index (κ1) is 15.0. The minimum absolute atomic E-state index is 0.0404. The lowest BCUT2D eigenvalue weighted by Crippen LogP contribution is -2.12. The van der Waals surface area contributed by atoms with Crippen molar-refractivity contribution >= 4 is 5.97 Å². The Kier molecular flexibility index (Phi) is 4.25. The van der Waals surface area contributed by atoms with Crippen molar-refractivity contribution in [2.45, 2.75) is 19.6 Å². The first-order valence-electron chi connectivity index (χ1n) is 6.14. The second-order valence-electron chi connectivity index (χ2n) is 4.18. The molecule has 1 aromatic heterocycles. The summed E-state index contributed by atoms with van der Waals surface area (Å²) in [4.78, 5) is 11.4. The number of ether oxygens (including phenoxy) is 1. The summed E-state index contributed by atoms with van der Waals surface area (Å²) in [6.07, 6.45) is -3.19. The van der Waals surface area contributed by atoms with E-state index >= 15 is 0 Å². The van der Waals surface area contributed by atoms with Crippen LogP contribution in [-0.4, -0.2) is 27.6 Å². The van der Waals surface area contributed by atoms with E-state index in [0.717, 1.165) is 10.7 Å². The first-order chi connectivity index (χ1) is 9.91. The molecule has 1 aromatic carbocycles. The van der Waals surface area contributed by atoms with Crippen molar-refractivity contribution in [1.29, 1.82) is 0 Å². The molecule has 2 aromatic rings. The number of aromatic nitrogens is 3. The zero-order chi connectivity index (χ0) is 15.5. The summed E-state index contributed by atoms with van der Waals surface area (Å²) in [5.74, 6) is -0.659. The summed E-state index contributed by atoms with van der Waals surface area (Å²) >= 11 is 0. The van der Waals surface area contributed by atoms with E-state index in [1.165, 1.54) is 24.4 Å². The number of esters is 1. The first-order valence-corrected chi connectivity index (χ1v) is 6.14. The minimum Gasteiger partial charge on any atom is -0.461 e. The van der Waals surface area contributed by atoms with E-state index in [0.29, 0.717) is 0 Å². The highest BCUT2D eigenvalue weighted by atomic mass is 19.4. The van der Waals surface area contributed by atoms with Crippen molar-refractivity contribution < 1.29 is 22.7 Å². The van der Waals surface area contributed by atoms with Crippen molar-refractivity contribution in [2.75, 3.05) is 6.61 Å². The van der Waals surface area contributed by atoms with Gasteiger partial charge in [-0.25, -0.2) is 9.48 Å². The lowest BCUT2D eigenvalue weighted by atomic mass is 10.1. The predicted octanol–water partition coefficient (Wildman–Crippen LogP) is 2.52. The number of benzene rings is 1. The van der Waals surface area contributed by atoms with E-state index in [-0.39, 0.29) is 24.4 Å². The Hall–Kier alpha value is -2.38. The van der Waals surface area contributed by atoms with Crippen LogP contribution < -0.4 is 0 Å². The van der Waals surface area contributed by atoms with Crippen molar-refractivity contribution in [3.63, 3.8) is 0 Å². The zero-order valence-electron chi connectivity index (χ0n) is 11.1. The highest BCUT2D eigenvalue weighted by Crippen LogP contribution is 2.32. The van der Waals surface area contributed by atoms with E-state index in [2.05, 4.69) is 10.3 Å². The van der Waals surface area contributed by atoms with Gasteiger partial charge in [0.2, 0.25) is 0 Å². The van der Waals surface area contributed by atoms with Crippen LogP contribution in [0, 0.1) is 0 Å². The highest BCUT2D eigenvalue weighted by Gasteiger charge is 2.33. The van der Waals surface area contributed by atoms with Crippen LogP contribution in [-0.2, 0) is 17.5 Å². The van der Waals surface area contributed by atoms with Gasteiger partial charge in [0.15, 0.2) is 5.69 Å². The van der Waals surface area contributed by atoms with Gasteiger partial charge in [-0.15, -0.1) is 5.10 Å². The second kappa shape index (κ2) is 5.94. The third kappa shape index (κ3) is 3.59. The van der Waals surface area contributed by atoms with Crippen LogP contribution in [0.4, 0.5) is 13.2 Å². The van der Waals surface area contributed by atoms with Gasteiger partial charge in [-0.05, 0) is 18.6 Å². The smallest absolute Gasteiger partial charge is 0.416 e. The summed E-state index contributed by atoms with van der Waals surface area (Å²) in [5.41, 5.74) is -0.732. The molecule has 0 atom stereocenters. The maximum absolute atomic E-state index is 12.9. The van der Waals surface area contributed by atoms with Crippen LogP contribution in [0.5, 0.6) is 0 Å². The molecule has 0 saturated heterocycles. The van der Waals surface area contributed by atoms with Crippen LogP contribution in [0.15, 0.2) is 30.5 Å². The number of carbonyl (C=O) groups is 1. The topological polar surface area (TPSA) is 57.0 Å². The van der Waals surface area contributed by atoms with Gasteiger partial charge in [0.25, 0.3) is 0 Å². The van der Waals surface area contributed by atoms with Crippen LogP contribution in [0.1, 0.15) is 28.5 Å². The number of rotatable bonds is 4. The van der Waals surface area contributed by atoms with Crippen molar-refractivity contribution in [3.05, 3.63) is 47.3 Å². The average molecular weight is 299 g/mol. The van der Waals surface area contributed by atoms with Crippen molar-refractivity contribution in [3.8, 4) is 0 Å². The molecule has 0 aliphatic heterocycles. The average Bonchev–Trinajstić information content (AvgIpc) is 2.87. The monoisotopic (exact) mass is 299 g/mol. The molecule has 0 radical (unpaired) electrons. The van der Waals surface area contributed by atoms with Crippen LogP contribution in [0.25, 0.3) is 0 Å². The molecule has 2 rings (SSSR count). The molecular formula is C13H12F3N3O2. The number of hydrogen-bond donors (Lipinski definition) is 0. The lowest BCUT2D eigenvalue weighted by Gasteiger charge is -2.12. The number of carbonyl (C=O) groups excluding carboxylic acids is 1. The molecule has 0 spiro atoms. The van der Waals surface area contributed by atoms with Gasteiger partial charge in [0, 0.05) is 0 Å². The minimum atomic E-state index is -4.44. The molecule has 0 fully saturated rings. The zero-order valence-corrected chi connectivity index (χ0v) is 11.1. The molecule has 0 unspecified atom stereocenters. The normalized spacial score (nSPS) is 11.4. The molecule has 0 N–H and O–H groups in total. The molecule has 0 bridgehead atoms. The van der Waals surface area contributed by atoms with E-state index < -0.39 is 17.7 Å². The maximum Gasteiger partial charge on any atom is 0.416 e. The van der Waals surface area contributed by atoms with E-state index in [9.17, 15) is 18.0 Å². The molecular weight excluding hydrogens is 287 g/mol. The molecule has 21 heavy (non-hydrogen) atoms. The van der Waals surface area contributed by atoms with Crippen molar-refractivity contribution in [1.82, 2.24) is 15.0 Å². The Bertz CT molecular complexity index is 638. The molecule has 5 nitrogen and oxygen atoms in total. The largest absolute Gasteiger partial charge is 0.461 e. The van der Waals surface area contributed by atoms with E-state index in [1.54, 1.807) is 6.92 Å². The number of nitrogens with zero attached hydrogens (tertiary/aromatic N) is 3. The number of hydrogen-bond acceptors (Lipinski definition) is 4. The summed E-state index contributed by atoms with van der Waals surface area (Å²) in [5, 5.41) is 7.22. The molecule has 0 aliphatic rings. The Balaban J connectivity index is 2.22. The quantitative estimate of drug-likeness (QED) is 0.814. The Morgan fingerprint density at radius 1 is 1.33 bits per heavy atom. The van der Waals surface area contributed by atoms with E-state index in [4.69, 9.17) is 4.74 Å². The Morgan fingerprint density at radius 2 is 2.05 bits per heavy atom. The maximum atomic E-state index is 12.9. The van der Waals surface area contributed by atoms with Gasteiger partial charge in [0.1, 0.15) is 0 Å². The fourth-order valence-electron chi connectivity index (χ4n) is 1.78. The van der Waals surface area contributed by atoms with Gasteiger partial charge in [-0.1, -0.05) is 23.4 Å². The standard InChI is InChI=1S/C13H12F3N3O2/c1-2-21-12(20)11-8-19(18-17-11)7-9-5-3-4-6-10(9)13(14,15)16/h3-6,8H,2,7H2,1H3. The Morgan fingerprint density at radius 3 is 2.71 bits per heavy atom. The van der Waals surface area contributed by atoms with Gasteiger partial charge in [-0.2, -0.15) is 13.2 Å². The molecule has 0 amide bonds. The fraction of sp³-hybridized carbons (Fsp3) is 0.308. The third-order valence-corrected chi connectivity index (χ3v) is 2.68. The summed E-state index contributed by atoms with van der Waals surface area (Å²) in [6.45, 7) is 1.69. The number of halogens is 3. The third-order valence-electron chi connectivity index (χ3n) is 2.68. The van der Waals surface area contributed by atoms with Gasteiger partial charge in [0.05, 0.1) is 24.9 Å². The number of alkyl halides is 3.